The maximum absolute atomic E-state index is 12.1. The molecular weight excluding hydrogens is 304 g/mol. The molecule has 1 amide bonds. The minimum atomic E-state index is -0.440. The van der Waals surface area contributed by atoms with E-state index in [2.05, 4.69) is 28.6 Å². The maximum Gasteiger partial charge on any atom is 0.248 e. The van der Waals surface area contributed by atoms with Gasteiger partial charge in [-0.05, 0) is 37.8 Å². The highest BCUT2D eigenvalue weighted by molar-refractivity contribution is 5.80. The highest BCUT2D eigenvalue weighted by Gasteiger charge is 2.23. The van der Waals surface area contributed by atoms with Crippen molar-refractivity contribution in [1.82, 2.24) is 10.3 Å². The van der Waals surface area contributed by atoms with E-state index in [0.29, 0.717) is 30.4 Å². The summed E-state index contributed by atoms with van der Waals surface area (Å²) in [4.78, 5) is 16.2. The molecule has 0 saturated heterocycles. The van der Waals surface area contributed by atoms with Gasteiger partial charge in [0.05, 0.1) is 11.7 Å². The van der Waals surface area contributed by atoms with Crippen LogP contribution in [0.1, 0.15) is 45.1 Å². The summed E-state index contributed by atoms with van der Waals surface area (Å²) < 4.78 is 5.89. The number of carbonyl (C=O) groups is 1. The lowest BCUT2D eigenvalue weighted by molar-refractivity contribution is -0.137. The summed E-state index contributed by atoms with van der Waals surface area (Å²) in [7, 11) is 0. The molecule has 1 aromatic heterocycles. The molecule has 1 aromatic rings. The normalized spacial score (nSPS) is 21.5. The van der Waals surface area contributed by atoms with Crippen LogP contribution >= 0.6 is 0 Å². The first-order valence-corrected chi connectivity index (χ1v) is 8.62. The third-order valence-corrected chi connectivity index (χ3v) is 4.30. The van der Waals surface area contributed by atoms with Crippen LogP contribution in [0.15, 0.2) is 18.3 Å². The van der Waals surface area contributed by atoms with Gasteiger partial charge in [-0.1, -0.05) is 19.8 Å². The zero-order chi connectivity index (χ0) is 17.4. The first-order valence-electron chi connectivity index (χ1n) is 8.62. The molecule has 0 aromatic carbocycles. The summed E-state index contributed by atoms with van der Waals surface area (Å²) in [5.41, 5.74) is 0.493. The molecule has 3 atom stereocenters. The van der Waals surface area contributed by atoms with Gasteiger partial charge in [-0.3, -0.25) is 4.79 Å². The third-order valence-electron chi connectivity index (χ3n) is 4.30. The van der Waals surface area contributed by atoms with Crippen LogP contribution in [0.2, 0.25) is 0 Å². The zero-order valence-corrected chi connectivity index (χ0v) is 14.4. The monoisotopic (exact) mass is 330 g/mol. The van der Waals surface area contributed by atoms with Crippen molar-refractivity contribution in [3.8, 4) is 6.07 Å². The standard InChI is InChI=1S/C18H26N4O2/c1-13-5-3-7-16(11-13)24-14(2)18(23)22-10-9-21-17-15(12-19)6-4-8-20-17/h4,6,8,13-14,16H,3,5,7,9-11H2,1-2H3,(H,20,21)(H,22,23). The Hall–Kier alpha value is -2.13. The van der Waals surface area contributed by atoms with Crippen molar-refractivity contribution in [1.29, 1.82) is 5.26 Å². The second kappa shape index (κ2) is 9.24. The van der Waals surface area contributed by atoms with Gasteiger partial charge in [0.25, 0.3) is 0 Å². The summed E-state index contributed by atoms with van der Waals surface area (Å²) >= 11 is 0. The fourth-order valence-corrected chi connectivity index (χ4v) is 3.00. The largest absolute Gasteiger partial charge is 0.367 e. The lowest BCUT2D eigenvalue weighted by Gasteiger charge is -2.29. The van der Waals surface area contributed by atoms with Gasteiger partial charge in [0, 0.05) is 19.3 Å². The first kappa shape index (κ1) is 18.2. The van der Waals surface area contributed by atoms with Gasteiger partial charge in [-0.2, -0.15) is 5.26 Å². The summed E-state index contributed by atoms with van der Waals surface area (Å²) in [6.45, 7) is 4.99. The molecule has 0 aliphatic heterocycles. The Kier molecular flexibility index (Phi) is 7.01. The van der Waals surface area contributed by atoms with E-state index in [1.165, 1.54) is 12.8 Å². The highest BCUT2D eigenvalue weighted by Crippen LogP contribution is 2.26. The molecule has 6 nitrogen and oxygen atoms in total. The molecule has 130 valence electrons. The molecule has 2 rings (SSSR count). The van der Waals surface area contributed by atoms with E-state index in [1.54, 1.807) is 25.3 Å². The van der Waals surface area contributed by atoms with Crippen molar-refractivity contribution in [3.05, 3.63) is 23.9 Å². The minimum Gasteiger partial charge on any atom is -0.367 e. The van der Waals surface area contributed by atoms with E-state index in [0.717, 1.165) is 12.8 Å². The van der Waals surface area contributed by atoms with Crippen LogP contribution in [0.3, 0.4) is 0 Å². The second-order valence-corrected chi connectivity index (χ2v) is 6.40. The van der Waals surface area contributed by atoms with Gasteiger partial charge in [0.1, 0.15) is 18.0 Å². The van der Waals surface area contributed by atoms with E-state index in [4.69, 9.17) is 10.00 Å². The number of amides is 1. The number of aromatic nitrogens is 1. The molecule has 1 heterocycles. The molecule has 0 bridgehead atoms. The van der Waals surface area contributed by atoms with Gasteiger partial charge in [-0.15, -0.1) is 0 Å². The summed E-state index contributed by atoms with van der Waals surface area (Å²) in [5.74, 6) is 1.11. The number of nitrogens with zero attached hydrogens (tertiary/aromatic N) is 2. The molecular formula is C18H26N4O2. The van der Waals surface area contributed by atoms with Gasteiger partial charge in [0.15, 0.2) is 0 Å². The van der Waals surface area contributed by atoms with E-state index in [-0.39, 0.29) is 12.0 Å². The predicted molar refractivity (Wildman–Crippen MR) is 92.4 cm³/mol. The average Bonchev–Trinajstić information content (AvgIpc) is 2.58. The Labute approximate surface area is 143 Å². The fourth-order valence-electron chi connectivity index (χ4n) is 3.00. The average molecular weight is 330 g/mol. The number of rotatable bonds is 7. The molecule has 1 fully saturated rings. The zero-order valence-electron chi connectivity index (χ0n) is 14.4. The van der Waals surface area contributed by atoms with E-state index in [1.807, 2.05) is 0 Å². The van der Waals surface area contributed by atoms with Crippen molar-refractivity contribution < 1.29 is 9.53 Å². The molecule has 1 saturated carbocycles. The summed E-state index contributed by atoms with van der Waals surface area (Å²) in [6.07, 6.45) is 5.89. The first-order chi connectivity index (χ1) is 11.6. The maximum atomic E-state index is 12.1. The van der Waals surface area contributed by atoms with E-state index in [9.17, 15) is 4.79 Å². The van der Waals surface area contributed by atoms with Crippen LogP contribution in [0.25, 0.3) is 0 Å². The Bertz CT molecular complexity index is 585. The minimum absolute atomic E-state index is 0.100. The highest BCUT2D eigenvalue weighted by atomic mass is 16.5. The van der Waals surface area contributed by atoms with Crippen molar-refractivity contribution >= 4 is 11.7 Å². The quantitative estimate of drug-likeness (QED) is 0.750. The van der Waals surface area contributed by atoms with E-state index >= 15 is 0 Å². The lowest BCUT2D eigenvalue weighted by Crippen LogP contribution is -2.39. The smallest absolute Gasteiger partial charge is 0.248 e. The number of nitriles is 1. The molecule has 0 radical (unpaired) electrons. The third kappa shape index (κ3) is 5.50. The number of nitrogens with one attached hydrogen (secondary N) is 2. The molecule has 3 unspecified atom stereocenters. The Balaban J connectivity index is 1.68. The Morgan fingerprint density at radius 3 is 3.08 bits per heavy atom. The molecule has 2 N–H and O–H groups in total. The number of anilines is 1. The van der Waals surface area contributed by atoms with Gasteiger partial charge in [0.2, 0.25) is 5.91 Å². The fraction of sp³-hybridized carbons (Fsp3) is 0.611. The van der Waals surface area contributed by atoms with Crippen molar-refractivity contribution in [3.63, 3.8) is 0 Å². The number of carbonyl (C=O) groups excluding carboxylic acids is 1. The van der Waals surface area contributed by atoms with Gasteiger partial charge < -0.3 is 15.4 Å². The second-order valence-electron chi connectivity index (χ2n) is 6.40. The van der Waals surface area contributed by atoms with Crippen LogP contribution < -0.4 is 10.6 Å². The molecule has 1 aliphatic rings. The van der Waals surface area contributed by atoms with Crippen LogP contribution in [-0.4, -0.2) is 36.2 Å². The number of ether oxygens (including phenoxy) is 1. The van der Waals surface area contributed by atoms with Crippen LogP contribution in [0.4, 0.5) is 5.82 Å². The Morgan fingerprint density at radius 1 is 1.50 bits per heavy atom. The molecule has 24 heavy (non-hydrogen) atoms. The summed E-state index contributed by atoms with van der Waals surface area (Å²) in [5, 5.41) is 14.9. The van der Waals surface area contributed by atoms with Crippen LogP contribution in [0.5, 0.6) is 0 Å². The number of hydrogen-bond donors (Lipinski definition) is 2. The van der Waals surface area contributed by atoms with Crippen molar-refractivity contribution in [2.45, 2.75) is 51.7 Å². The van der Waals surface area contributed by atoms with Crippen LogP contribution in [-0.2, 0) is 9.53 Å². The van der Waals surface area contributed by atoms with Crippen LogP contribution in [0, 0.1) is 17.2 Å². The van der Waals surface area contributed by atoms with Gasteiger partial charge in [-0.25, -0.2) is 4.98 Å². The number of hydrogen-bond acceptors (Lipinski definition) is 5. The van der Waals surface area contributed by atoms with Gasteiger partial charge >= 0.3 is 0 Å². The number of pyridine rings is 1. The lowest BCUT2D eigenvalue weighted by atomic mass is 9.88. The Morgan fingerprint density at radius 2 is 2.33 bits per heavy atom. The molecule has 1 aliphatic carbocycles. The van der Waals surface area contributed by atoms with Crippen molar-refractivity contribution in [2.24, 2.45) is 5.92 Å². The molecule has 0 spiro atoms. The SMILES string of the molecule is CC1CCCC(OC(C)C(=O)NCCNc2ncccc2C#N)C1. The predicted octanol–water partition coefficient (Wildman–Crippen LogP) is 2.47. The van der Waals surface area contributed by atoms with Crippen molar-refractivity contribution in [2.75, 3.05) is 18.4 Å². The topological polar surface area (TPSA) is 87.0 Å². The molecule has 6 heteroatoms. The summed E-state index contributed by atoms with van der Waals surface area (Å²) in [6, 6.07) is 5.50. The van der Waals surface area contributed by atoms with E-state index < -0.39 is 6.10 Å².